The van der Waals surface area contributed by atoms with E-state index in [4.69, 9.17) is 5.73 Å². The largest absolute Gasteiger partial charge is 0.356 e. The zero-order chi connectivity index (χ0) is 12.9. The maximum absolute atomic E-state index is 12.4. The lowest BCUT2D eigenvalue weighted by molar-refractivity contribution is -0.125. The molecule has 0 saturated carbocycles. The lowest BCUT2D eigenvalue weighted by atomic mass is 9.96. The summed E-state index contributed by atoms with van der Waals surface area (Å²) in [6.07, 6.45) is -2.51. The second-order valence-electron chi connectivity index (χ2n) is 4.88. The fourth-order valence-electron chi connectivity index (χ4n) is 1.03. The van der Waals surface area contributed by atoms with Crippen molar-refractivity contribution in [2.45, 2.75) is 46.1 Å². The SMILES string of the molecule is CC(C)C(C)C(=O)NCCC(C)(N)C(F)F. The highest BCUT2D eigenvalue weighted by molar-refractivity contribution is 5.78. The molecule has 0 saturated heterocycles. The average Bonchev–Trinajstić information content (AvgIpc) is 2.15. The topological polar surface area (TPSA) is 55.1 Å². The van der Waals surface area contributed by atoms with Crippen molar-refractivity contribution in [3.05, 3.63) is 0 Å². The number of nitrogens with one attached hydrogen (secondary N) is 1. The van der Waals surface area contributed by atoms with Crippen LogP contribution in [-0.4, -0.2) is 24.4 Å². The van der Waals surface area contributed by atoms with Gasteiger partial charge >= 0.3 is 0 Å². The van der Waals surface area contributed by atoms with Gasteiger partial charge in [-0.3, -0.25) is 4.79 Å². The van der Waals surface area contributed by atoms with E-state index in [-0.39, 0.29) is 30.7 Å². The minimum absolute atomic E-state index is 0.0707. The summed E-state index contributed by atoms with van der Waals surface area (Å²) in [6, 6.07) is 0. The van der Waals surface area contributed by atoms with Crippen molar-refractivity contribution >= 4 is 5.91 Å². The summed E-state index contributed by atoms with van der Waals surface area (Å²) in [4.78, 5) is 11.5. The molecule has 5 heteroatoms. The number of carbonyl (C=O) groups excluding carboxylic acids is 1. The highest BCUT2D eigenvalue weighted by Crippen LogP contribution is 2.15. The van der Waals surface area contributed by atoms with Crippen molar-refractivity contribution < 1.29 is 13.6 Å². The van der Waals surface area contributed by atoms with Gasteiger partial charge in [-0.1, -0.05) is 20.8 Å². The van der Waals surface area contributed by atoms with E-state index in [1.165, 1.54) is 6.92 Å². The van der Waals surface area contributed by atoms with E-state index in [2.05, 4.69) is 5.32 Å². The molecule has 0 heterocycles. The molecule has 0 aliphatic heterocycles. The Labute approximate surface area is 95.8 Å². The van der Waals surface area contributed by atoms with Gasteiger partial charge < -0.3 is 11.1 Å². The fraction of sp³-hybridized carbons (Fsp3) is 0.909. The number of halogens is 2. The van der Waals surface area contributed by atoms with Crippen LogP contribution in [0.25, 0.3) is 0 Å². The van der Waals surface area contributed by atoms with Crippen molar-refractivity contribution in [3.63, 3.8) is 0 Å². The number of nitrogens with two attached hydrogens (primary N) is 1. The molecular weight excluding hydrogens is 214 g/mol. The molecule has 96 valence electrons. The maximum Gasteiger partial charge on any atom is 0.256 e. The Kier molecular flexibility index (Phi) is 5.86. The molecule has 0 rings (SSSR count). The molecule has 2 unspecified atom stereocenters. The molecule has 0 aliphatic rings. The van der Waals surface area contributed by atoms with Crippen molar-refractivity contribution in [3.8, 4) is 0 Å². The van der Waals surface area contributed by atoms with Gasteiger partial charge in [0.05, 0.1) is 5.54 Å². The van der Waals surface area contributed by atoms with E-state index in [1.54, 1.807) is 0 Å². The summed E-state index contributed by atoms with van der Waals surface area (Å²) < 4.78 is 24.8. The van der Waals surface area contributed by atoms with E-state index < -0.39 is 12.0 Å². The highest BCUT2D eigenvalue weighted by atomic mass is 19.3. The Morgan fingerprint density at radius 2 is 1.88 bits per heavy atom. The van der Waals surface area contributed by atoms with Gasteiger partial charge in [0.2, 0.25) is 5.91 Å². The average molecular weight is 236 g/mol. The predicted molar refractivity (Wildman–Crippen MR) is 60.2 cm³/mol. The van der Waals surface area contributed by atoms with E-state index in [1.807, 2.05) is 20.8 Å². The molecule has 3 N–H and O–H groups in total. The molecule has 0 aromatic heterocycles. The van der Waals surface area contributed by atoms with Crippen LogP contribution in [0.15, 0.2) is 0 Å². The molecule has 0 radical (unpaired) electrons. The van der Waals surface area contributed by atoms with Gasteiger partial charge in [-0.2, -0.15) is 0 Å². The minimum Gasteiger partial charge on any atom is -0.356 e. The first-order valence-electron chi connectivity index (χ1n) is 5.53. The van der Waals surface area contributed by atoms with Crippen LogP contribution in [-0.2, 0) is 4.79 Å². The summed E-state index contributed by atoms with van der Waals surface area (Å²) >= 11 is 0. The molecule has 0 bridgehead atoms. The summed E-state index contributed by atoms with van der Waals surface area (Å²) in [7, 11) is 0. The van der Waals surface area contributed by atoms with Gasteiger partial charge in [-0.25, -0.2) is 8.78 Å². The first kappa shape index (κ1) is 15.3. The Hall–Kier alpha value is -0.710. The standard InChI is InChI=1S/C11H22F2N2O/c1-7(2)8(3)9(16)15-6-5-11(4,14)10(12)13/h7-8,10H,5-6,14H2,1-4H3,(H,15,16). The monoisotopic (exact) mass is 236 g/mol. The predicted octanol–water partition coefficient (Wildman–Crippen LogP) is 1.77. The van der Waals surface area contributed by atoms with E-state index >= 15 is 0 Å². The zero-order valence-corrected chi connectivity index (χ0v) is 10.4. The number of hydrogen-bond acceptors (Lipinski definition) is 2. The van der Waals surface area contributed by atoms with Crippen molar-refractivity contribution in [2.24, 2.45) is 17.6 Å². The van der Waals surface area contributed by atoms with Crippen LogP contribution < -0.4 is 11.1 Å². The summed E-state index contributed by atoms with van der Waals surface area (Å²) in [5.74, 6) is 0.00926. The Balaban J connectivity index is 3.96. The quantitative estimate of drug-likeness (QED) is 0.738. The second kappa shape index (κ2) is 6.13. The fourth-order valence-corrected chi connectivity index (χ4v) is 1.03. The van der Waals surface area contributed by atoms with Crippen LogP contribution in [0.2, 0.25) is 0 Å². The number of carbonyl (C=O) groups is 1. The lowest BCUT2D eigenvalue weighted by Crippen LogP contribution is -2.47. The van der Waals surface area contributed by atoms with Gasteiger partial charge in [0, 0.05) is 12.5 Å². The van der Waals surface area contributed by atoms with Gasteiger partial charge in [0.15, 0.2) is 0 Å². The molecular formula is C11H22F2N2O. The number of hydrogen-bond donors (Lipinski definition) is 2. The molecule has 2 atom stereocenters. The van der Waals surface area contributed by atoms with Crippen molar-refractivity contribution in [1.82, 2.24) is 5.32 Å². The van der Waals surface area contributed by atoms with Crippen LogP contribution in [0.5, 0.6) is 0 Å². The highest BCUT2D eigenvalue weighted by Gasteiger charge is 2.30. The molecule has 0 fully saturated rings. The molecule has 16 heavy (non-hydrogen) atoms. The Morgan fingerprint density at radius 3 is 2.25 bits per heavy atom. The normalized spacial score (nSPS) is 17.3. The summed E-state index contributed by atoms with van der Waals surface area (Å²) in [6.45, 7) is 7.17. The summed E-state index contributed by atoms with van der Waals surface area (Å²) in [5, 5.41) is 2.62. The minimum atomic E-state index is -2.58. The Morgan fingerprint density at radius 1 is 1.38 bits per heavy atom. The van der Waals surface area contributed by atoms with Crippen LogP contribution in [0, 0.1) is 11.8 Å². The molecule has 1 amide bonds. The van der Waals surface area contributed by atoms with E-state index in [9.17, 15) is 13.6 Å². The smallest absolute Gasteiger partial charge is 0.256 e. The molecule has 0 aliphatic carbocycles. The molecule has 0 aromatic carbocycles. The number of alkyl halides is 2. The van der Waals surface area contributed by atoms with Crippen LogP contribution in [0.3, 0.4) is 0 Å². The number of rotatable bonds is 6. The first-order chi connectivity index (χ1) is 7.18. The lowest BCUT2D eigenvalue weighted by Gasteiger charge is -2.24. The van der Waals surface area contributed by atoms with E-state index in [0.29, 0.717) is 0 Å². The maximum atomic E-state index is 12.4. The summed E-state index contributed by atoms with van der Waals surface area (Å²) in [5.41, 5.74) is 3.85. The van der Waals surface area contributed by atoms with Crippen molar-refractivity contribution in [2.75, 3.05) is 6.54 Å². The van der Waals surface area contributed by atoms with Crippen LogP contribution in [0.1, 0.15) is 34.1 Å². The van der Waals surface area contributed by atoms with Gasteiger partial charge in [0.25, 0.3) is 6.43 Å². The van der Waals surface area contributed by atoms with E-state index in [0.717, 1.165) is 0 Å². The first-order valence-corrected chi connectivity index (χ1v) is 5.53. The third kappa shape index (κ3) is 4.88. The van der Waals surface area contributed by atoms with Crippen LogP contribution >= 0.6 is 0 Å². The van der Waals surface area contributed by atoms with Crippen molar-refractivity contribution in [1.29, 1.82) is 0 Å². The third-order valence-corrected chi connectivity index (χ3v) is 2.87. The zero-order valence-electron chi connectivity index (χ0n) is 10.4. The van der Waals surface area contributed by atoms with Gasteiger partial charge in [0.1, 0.15) is 0 Å². The van der Waals surface area contributed by atoms with Crippen LogP contribution in [0.4, 0.5) is 8.78 Å². The Bertz CT molecular complexity index is 230. The van der Waals surface area contributed by atoms with Gasteiger partial charge in [-0.05, 0) is 19.3 Å². The molecule has 0 spiro atoms. The second-order valence-corrected chi connectivity index (χ2v) is 4.88. The molecule has 0 aromatic rings. The van der Waals surface area contributed by atoms with Gasteiger partial charge in [-0.15, -0.1) is 0 Å². The number of amides is 1. The third-order valence-electron chi connectivity index (χ3n) is 2.87. The molecule has 3 nitrogen and oxygen atoms in total.